The Labute approximate surface area is 82.7 Å². The molecule has 0 aromatic carbocycles. The van der Waals surface area contributed by atoms with Crippen LogP contribution >= 0.6 is 0 Å². The van der Waals surface area contributed by atoms with Gasteiger partial charge in [-0.25, -0.2) is 4.79 Å². The van der Waals surface area contributed by atoms with E-state index in [0.29, 0.717) is 0 Å². The highest BCUT2D eigenvalue weighted by Crippen LogP contribution is 2.06. The molecule has 14 heavy (non-hydrogen) atoms. The minimum Gasteiger partial charge on any atom is -0.457 e. The molecule has 5 nitrogen and oxygen atoms in total. The number of carbonyl (C=O) groups is 1. The molecule has 0 aliphatic heterocycles. The Morgan fingerprint density at radius 1 is 1.57 bits per heavy atom. The summed E-state index contributed by atoms with van der Waals surface area (Å²) in [5.74, 6) is -0.373. The normalized spacial score (nSPS) is 9.64. The van der Waals surface area contributed by atoms with Crippen LogP contribution in [0.4, 0.5) is 0 Å². The van der Waals surface area contributed by atoms with Gasteiger partial charge < -0.3 is 9.26 Å². The van der Waals surface area contributed by atoms with Crippen molar-refractivity contribution in [3.8, 4) is 0 Å². The van der Waals surface area contributed by atoms with Crippen LogP contribution in [0.15, 0.2) is 29.6 Å². The smallest absolute Gasteiger partial charge is 0.330 e. The van der Waals surface area contributed by atoms with Gasteiger partial charge in [-0.05, 0) is 20.8 Å². The minimum atomic E-state index is -0.398. The molecule has 0 bridgehead atoms. The van der Waals surface area contributed by atoms with Crippen molar-refractivity contribution in [1.82, 2.24) is 10.4 Å². The van der Waals surface area contributed by atoms with E-state index in [-0.39, 0.29) is 5.97 Å². The molecule has 0 unspecified atom stereocenters. The van der Waals surface area contributed by atoms with Crippen molar-refractivity contribution in [2.75, 3.05) is 0 Å². The lowest BCUT2D eigenvalue weighted by Crippen LogP contribution is -2.22. The maximum Gasteiger partial charge on any atom is 0.330 e. The third-order valence-corrected chi connectivity index (χ3v) is 0.856. The summed E-state index contributed by atoms with van der Waals surface area (Å²) in [5.41, 5.74) is -0.398. The molecule has 1 aromatic rings. The van der Waals surface area contributed by atoms with Crippen molar-refractivity contribution in [3.05, 3.63) is 25.1 Å². The molecule has 1 aromatic heterocycles. The van der Waals surface area contributed by atoms with Gasteiger partial charge in [-0.15, -0.1) is 5.10 Å². The first kappa shape index (κ1) is 12.3. The Balaban J connectivity index is 0.000000280. The average molecular weight is 198 g/mol. The first-order valence-corrected chi connectivity index (χ1v) is 4.02. The van der Waals surface area contributed by atoms with Crippen LogP contribution < -0.4 is 0 Å². The molecule has 0 amide bonds. The molecule has 0 saturated heterocycles. The van der Waals surface area contributed by atoms with E-state index in [4.69, 9.17) is 4.74 Å². The summed E-state index contributed by atoms with van der Waals surface area (Å²) in [6.07, 6.45) is 4.03. The van der Waals surface area contributed by atoms with Gasteiger partial charge in [-0.3, -0.25) is 0 Å². The fourth-order valence-corrected chi connectivity index (χ4v) is 0.480. The van der Waals surface area contributed by atoms with E-state index in [1.165, 1.54) is 12.5 Å². The van der Waals surface area contributed by atoms with Gasteiger partial charge in [-0.1, -0.05) is 6.58 Å². The van der Waals surface area contributed by atoms with Crippen LogP contribution in [0.25, 0.3) is 0 Å². The molecule has 0 fully saturated rings. The van der Waals surface area contributed by atoms with E-state index in [9.17, 15) is 4.79 Å². The van der Waals surface area contributed by atoms with Crippen LogP contribution in [-0.4, -0.2) is 21.9 Å². The molecule has 0 atom stereocenters. The molecule has 0 aliphatic carbocycles. The van der Waals surface area contributed by atoms with Crippen LogP contribution in [0.2, 0.25) is 0 Å². The Bertz CT molecular complexity index is 245. The molecule has 0 radical (unpaired) electrons. The molecule has 0 N–H and O–H groups in total. The van der Waals surface area contributed by atoms with E-state index in [2.05, 4.69) is 21.5 Å². The summed E-state index contributed by atoms with van der Waals surface area (Å²) in [5, 5.41) is 6.40. The third kappa shape index (κ3) is 8.45. The van der Waals surface area contributed by atoms with Gasteiger partial charge in [0.25, 0.3) is 0 Å². The summed E-state index contributed by atoms with van der Waals surface area (Å²) in [7, 11) is 0. The highest BCUT2D eigenvalue weighted by Gasteiger charge is 2.12. The van der Waals surface area contributed by atoms with Gasteiger partial charge in [-0.2, -0.15) is 0 Å². The summed E-state index contributed by atoms with van der Waals surface area (Å²) in [6, 6.07) is 0. The largest absolute Gasteiger partial charge is 0.457 e. The SMILES string of the molecule is C=CC(=O)OC(C)(C)C.c1conn1. The quantitative estimate of drug-likeness (QED) is 0.506. The highest BCUT2D eigenvalue weighted by atomic mass is 16.6. The van der Waals surface area contributed by atoms with Crippen molar-refractivity contribution >= 4 is 5.97 Å². The van der Waals surface area contributed by atoms with Crippen LogP contribution in [0, 0.1) is 0 Å². The maximum absolute atomic E-state index is 10.5. The molecular weight excluding hydrogens is 184 g/mol. The van der Waals surface area contributed by atoms with Crippen molar-refractivity contribution in [1.29, 1.82) is 0 Å². The number of nitrogens with zero attached hydrogens (tertiary/aromatic N) is 2. The summed E-state index contributed by atoms with van der Waals surface area (Å²) in [6.45, 7) is 8.71. The summed E-state index contributed by atoms with van der Waals surface area (Å²) in [4.78, 5) is 10.5. The topological polar surface area (TPSA) is 65.2 Å². The van der Waals surface area contributed by atoms with E-state index in [1.807, 2.05) is 20.8 Å². The first-order chi connectivity index (χ1) is 6.45. The molecule has 1 heterocycles. The molecule has 0 spiro atoms. The van der Waals surface area contributed by atoms with Gasteiger partial charge in [0.1, 0.15) is 11.9 Å². The lowest BCUT2D eigenvalue weighted by Gasteiger charge is -2.17. The molecule has 78 valence electrons. The van der Waals surface area contributed by atoms with Crippen LogP contribution in [0.3, 0.4) is 0 Å². The second-order valence-electron chi connectivity index (χ2n) is 3.33. The highest BCUT2D eigenvalue weighted by molar-refractivity contribution is 5.81. The third-order valence-electron chi connectivity index (χ3n) is 0.856. The van der Waals surface area contributed by atoms with Gasteiger partial charge in [0.05, 0.1) is 6.20 Å². The van der Waals surface area contributed by atoms with Crippen molar-refractivity contribution in [2.45, 2.75) is 26.4 Å². The van der Waals surface area contributed by atoms with Crippen LogP contribution in [0.5, 0.6) is 0 Å². The second-order valence-corrected chi connectivity index (χ2v) is 3.33. The standard InChI is InChI=1S/C7H12O2.C2H2N2O/c1-5-6(8)9-7(2,3)4;1-2-5-4-3-1/h5H,1H2,2-4H3;1-2H. The minimum absolute atomic E-state index is 0.373. The number of aromatic nitrogens is 2. The zero-order chi connectivity index (χ0) is 11.0. The molecule has 0 saturated carbocycles. The number of hydrogen-bond acceptors (Lipinski definition) is 5. The molecule has 1 rings (SSSR count). The van der Waals surface area contributed by atoms with Gasteiger partial charge >= 0.3 is 5.97 Å². The number of carbonyl (C=O) groups excluding carboxylic acids is 1. The predicted octanol–water partition coefficient (Wildman–Crippen LogP) is 1.58. The zero-order valence-electron chi connectivity index (χ0n) is 8.56. The Morgan fingerprint density at radius 2 is 2.21 bits per heavy atom. The Morgan fingerprint density at radius 3 is 2.36 bits per heavy atom. The number of esters is 1. The fraction of sp³-hybridized carbons (Fsp3) is 0.444. The van der Waals surface area contributed by atoms with E-state index in [1.54, 1.807) is 0 Å². The molecular formula is C9H14N2O3. The number of hydrogen-bond donors (Lipinski definition) is 0. The molecule has 0 aliphatic rings. The van der Waals surface area contributed by atoms with Crippen LogP contribution in [-0.2, 0) is 9.53 Å². The zero-order valence-corrected chi connectivity index (χ0v) is 8.56. The van der Waals surface area contributed by atoms with E-state index < -0.39 is 5.60 Å². The van der Waals surface area contributed by atoms with Gasteiger partial charge in [0.2, 0.25) is 0 Å². The fourth-order valence-electron chi connectivity index (χ4n) is 0.480. The summed E-state index contributed by atoms with van der Waals surface area (Å²) >= 11 is 0. The molecule has 5 heteroatoms. The van der Waals surface area contributed by atoms with Crippen molar-refractivity contribution in [2.24, 2.45) is 0 Å². The second kappa shape index (κ2) is 5.90. The Hall–Kier alpha value is -1.65. The predicted molar refractivity (Wildman–Crippen MR) is 50.3 cm³/mol. The average Bonchev–Trinajstić information content (AvgIpc) is 2.57. The monoisotopic (exact) mass is 198 g/mol. The summed E-state index contributed by atoms with van der Waals surface area (Å²) < 4.78 is 9.05. The lowest BCUT2D eigenvalue weighted by molar-refractivity contribution is -0.148. The lowest BCUT2D eigenvalue weighted by atomic mass is 10.2. The van der Waals surface area contributed by atoms with Crippen LogP contribution in [0.1, 0.15) is 20.8 Å². The van der Waals surface area contributed by atoms with Gasteiger partial charge in [0, 0.05) is 11.3 Å². The van der Waals surface area contributed by atoms with Crippen molar-refractivity contribution < 1.29 is 14.1 Å². The van der Waals surface area contributed by atoms with E-state index in [0.717, 1.165) is 6.08 Å². The number of rotatable bonds is 1. The van der Waals surface area contributed by atoms with E-state index >= 15 is 0 Å². The maximum atomic E-state index is 10.5. The Kier molecular flexibility index (Phi) is 5.21. The van der Waals surface area contributed by atoms with Crippen molar-refractivity contribution in [3.63, 3.8) is 0 Å². The number of ether oxygens (including phenoxy) is 1. The first-order valence-electron chi connectivity index (χ1n) is 4.02. The van der Waals surface area contributed by atoms with Gasteiger partial charge in [0.15, 0.2) is 0 Å².